The summed E-state index contributed by atoms with van der Waals surface area (Å²) in [6, 6.07) is 6.22. The van der Waals surface area contributed by atoms with Gasteiger partial charge in [0, 0.05) is 18.2 Å². The number of aryl methyl sites for hydroxylation is 1. The van der Waals surface area contributed by atoms with Crippen LogP contribution in [0.25, 0.3) is 0 Å². The van der Waals surface area contributed by atoms with E-state index < -0.39 is 0 Å². The van der Waals surface area contributed by atoms with Gasteiger partial charge < -0.3 is 18.7 Å². The average molecular weight is 332 g/mol. The number of ether oxygens (including phenoxy) is 3. The van der Waals surface area contributed by atoms with Crippen LogP contribution in [0, 0.1) is 6.92 Å². The third-order valence-corrected chi connectivity index (χ3v) is 4.50. The number of methoxy groups -OCH3 is 3. The molecule has 1 fully saturated rings. The Bertz CT molecular complexity index is 698. The summed E-state index contributed by atoms with van der Waals surface area (Å²) in [5, 5.41) is 4.02. The highest BCUT2D eigenvalue weighted by atomic mass is 16.5. The van der Waals surface area contributed by atoms with Crippen LogP contribution in [0.5, 0.6) is 17.2 Å². The SMILES string of the molecule is COc1ccc(CN2CCCC2c2cc(C)no2)c(OC)c1OC. The Morgan fingerprint density at radius 2 is 1.96 bits per heavy atom. The molecule has 1 aromatic heterocycles. The molecular weight excluding hydrogens is 308 g/mol. The second kappa shape index (κ2) is 7.13. The van der Waals surface area contributed by atoms with Crippen LogP contribution >= 0.6 is 0 Å². The zero-order valence-corrected chi connectivity index (χ0v) is 14.7. The maximum Gasteiger partial charge on any atom is 0.203 e. The van der Waals surface area contributed by atoms with Crippen molar-refractivity contribution in [2.45, 2.75) is 32.4 Å². The van der Waals surface area contributed by atoms with Crippen LogP contribution in [0.15, 0.2) is 22.7 Å². The molecule has 0 spiro atoms. The van der Waals surface area contributed by atoms with Gasteiger partial charge in [-0.3, -0.25) is 4.90 Å². The topological polar surface area (TPSA) is 57.0 Å². The molecule has 0 aliphatic carbocycles. The van der Waals surface area contributed by atoms with Crippen molar-refractivity contribution in [3.05, 3.63) is 35.2 Å². The van der Waals surface area contributed by atoms with E-state index in [1.165, 1.54) is 0 Å². The number of rotatable bonds is 6. The van der Waals surface area contributed by atoms with Crippen LogP contribution in [0.4, 0.5) is 0 Å². The highest BCUT2D eigenvalue weighted by Gasteiger charge is 2.30. The van der Waals surface area contributed by atoms with Gasteiger partial charge in [0.1, 0.15) is 0 Å². The summed E-state index contributed by atoms with van der Waals surface area (Å²) in [7, 11) is 4.90. The lowest BCUT2D eigenvalue weighted by Crippen LogP contribution is -2.23. The zero-order valence-electron chi connectivity index (χ0n) is 14.7. The van der Waals surface area contributed by atoms with Crippen molar-refractivity contribution in [2.75, 3.05) is 27.9 Å². The monoisotopic (exact) mass is 332 g/mol. The molecule has 0 bridgehead atoms. The average Bonchev–Trinajstić information content (AvgIpc) is 3.22. The van der Waals surface area contributed by atoms with E-state index in [4.69, 9.17) is 18.7 Å². The van der Waals surface area contributed by atoms with Crippen LogP contribution in [0.2, 0.25) is 0 Å². The lowest BCUT2D eigenvalue weighted by molar-refractivity contribution is 0.203. The molecule has 2 aromatic rings. The smallest absolute Gasteiger partial charge is 0.203 e. The van der Waals surface area contributed by atoms with Crippen molar-refractivity contribution >= 4 is 0 Å². The van der Waals surface area contributed by atoms with Crippen molar-refractivity contribution in [1.82, 2.24) is 10.1 Å². The maximum absolute atomic E-state index is 5.60. The van der Waals surface area contributed by atoms with E-state index in [9.17, 15) is 0 Å². The minimum Gasteiger partial charge on any atom is -0.493 e. The highest BCUT2D eigenvalue weighted by Crippen LogP contribution is 2.42. The molecule has 1 unspecified atom stereocenters. The fourth-order valence-corrected chi connectivity index (χ4v) is 3.38. The number of hydrogen-bond acceptors (Lipinski definition) is 6. The molecule has 1 aliphatic rings. The lowest BCUT2D eigenvalue weighted by atomic mass is 10.1. The van der Waals surface area contributed by atoms with E-state index in [1.54, 1.807) is 21.3 Å². The predicted molar refractivity (Wildman–Crippen MR) is 89.7 cm³/mol. The number of benzene rings is 1. The molecule has 6 nitrogen and oxygen atoms in total. The molecule has 2 heterocycles. The molecule has 24 heavy (non-hydrogen) atoms. The van der Waals surface area contributed by atoms with Crippen LogP contribution in [0.1, 0.15) is 35.9 Å². The van der Waals surface area contributed by atoms with Gasteiger partial charge in [-0.2, -0.15) is 0 Å². The van der Waals surface area contributed by atoms with Crippen LogP contribution < -0.4 is 14.2 Å². The second-order valence-corrected chi connectivity index (χ2v) is 5.99. The van der Waals surface area contributed by atoms with E-state index >= 15 is 0 Å². The minimum atomic E-state index is 0.254. The first-order valence-electron chi connectivity index (χ1n) is 8.13. The Balaban J connectivity index is 1.87. The van der Waals surface area contributed by atoms with Gasteiger partial charge in [0.05, 0.1) is 33.1 Å². The molecule has 1 aromatic carbocycles. The first kappa shape index (κ1) is 16.6. The fourth-order valence-electron chi connectivity index (χ4n) is 3.38. The van der Waals surface area contributed by atoms with E-state index in [1.807, 2.05) is 25.1 Å². The van der Waals surface area contributed by atoms with E-state index in [-0.39, 0.29) is 6.04 Å². The quantitative estimate of drug-likeness (QED) is 0.808. The largest absolute Gasteiger partial charge is 0.493 e. The van der Waals surface area contributed by atoms with E-state index in [2.05, 4.69) is 10.1 Å². The minimum absolute atomic E-state index is 0.254. The molecule has 0 N–H and O–H groups in total. The third-order valence-electron chi connectivity index (χ3n) is 4.50. The number of nitrogens with zero attached hydrogens (tertiary/aromatic N) is 2. The van der Waals surface area contributed by atoms with E-state index in [0.29, 0.717) is 11.5 Å². The van der Waals surface area contributed by atoms with Gasteiger partial charge in [-0.1, -0.05) is 11.2 Å². The lowest BCUT2D eigenvalue weighted by Gasteiger charge is -2.24. The molecule has 3 rings (SSSR count). The zero-order chi connectivity index (χ0) is 17.1. The van der Waals surface area contributed by atoms with Gasteiger partial charge in [-0.25, -0.2) is 0 Å². The number of hydrogen-bond donors (Lipinski definition) is 0. The Morgan fingerprint density at radius 1 is 1.17 bits per heavy atom. The molecule has 130 valence electrons. The Hall–Kier alpha value is -2.21. The first-order valence-corrected chi connectivity index (χ1v) is 8.13. The van der Waals surface area contributed by atoms with Crippen molar-refractivity contribution in [3.8, 4) is 17.2 Å². The van der Waals surface area contributed by atoms with Crippen molar-refractivity contribution in [3.63, 3.8) is 0 Å². The molecule has 1 atom stereocenters. The number of likely N-dealkylation sites (tertiary alicyclic amines) is 1. The standard InChI is InChI=1S/C18H24N2O4/c1-12-10-16(24-19-12)14-6-5-9-20(14)11-13-7-8-15(21-2)18(23-4)17(13)22-3/h7-8,10,14H,5-6,9,11H2,1-4H3. The van der Waals surface area contributed by atoms with Gasteiger partial charge in [0.2, 0.25) is 5.75 Å². The summed E-state index contributed by atoms with van der Waals surface area (Å²) < 4.78 is 21.9. The first-order chi connectivity index (χ1) is 11.7. The third kappa shape index (κ3) is 3.06. The Kier molecular flexibility index (Phi) is 4.94. The summed E-state index contributed by atoms with van der Waals surface area (Å²) in [6.07, 6.45) is 2.21. The molecule has 0 radical (unpaired) electrons. The second-order valence-electron chi connectivity index (χ2n) is 5.99. The van der Waals surface area contributed by atoms with E-state index in [0.717, 1.165) is 48.7 Å². The van der Waals surface area contributed by atoms with Crippen LogP contribution in [-0.2, 0) is 6.54 Å². The Morgan fingerprint density at radius 3 is 2.58 bits per heavy atom. The molecular formula is C18H24N2O4. The fraction of sp³-hybridized carbons (Fsp3) is 0.500. The normalized spacial score (nSPS) is 17.9. The summed E-state index contributed by atoms with van der Waals surface area (Å²) in [4.78, 5) is 2.39. The molecule has 1 aliphatic heterocycles. The predicted octanol–water partition coefficient (Wildman–Crippen LogP) is 3.35. The van der Waals surface area contributed by atoms with Crippen LogP contribution in [-0.4, -0.2) is 37.9 Å². The summed E-state index contributed by atoms with van der Waals surface area (Å²) in [5.74, 6) is 2.95. The summed E-state index contributed by atoms with van der Waals surface area (Å²) >= 11 is 0. The van der Waals surface area contributed by atoms with Gasteiger partial charge >= 0.3 is 0 Å². The molecule has 6 heteroatoms. The number of aromatic nitrogens is 1. The highest BCUT2D eigenvalue weighted by molar-refractivity contribution is 5.55. The van der Waals surface area contributed by atoms with Gasteiger partial charge in [0.15, 0.2) is 17.3 Å². The summed E-state index contributed by atoms with van der Waals surface area (Å²) in [6.45, 7) is 3.72. The van der Waals surface area contributed by atoms with Crippen molar-refractivity contribution in [1.29, 1.82) is 0 Å². The summed E-state index contributed by atoms with van der Waals surface area (Å²) in [5.41, 5.74) is 1.99. The van der Waals surface area contributed by atoms with Gasteiger partial charge in [-0.05, 0) is 32.4 Å². The molecule has 0 saturated carbocycles. The molecule has 1 saturated heterocycles. The van der Waals surface area contributed by atoms with Crippen molar-refractivity contribution < 1.29 is 18.7 Å². The van der Waals surface area contributed by atoms with Gasteiger partial charge in [0.25, 0.3) is 0 Å². The van der Waals surface area contributed by atoms with Crippen molar-refractivity contribution in [2.24, 2.45) is 0 Å². The van der Waals surface area contributed by atoms with Gasteiger partial charge in [-0.15, -0.1) is 0 Å². The Labute approximate surface area is 142 Å². The maximum atomic E-state index is 5.60. The molecule has 0 amide bonds. The van der Waals surface area contributed by atoms with Crippen LogP contribution in [0.3, 0.4) is 0 Å².